The SMILES string of the molecule is CC(=O)c1ccc(OCC(=O)OC(C)c2ccc(Cl)cc2)cc1. The Morgan fingerprint density at radius 2 is 1.65 bits per heavy atom. The van der Waals surface area contributed by atoms with Gasteiger partial charge < -0.3 is 9.47 Å². The van der Waals surface area contributed by atoms with Crippen LogP contribution in [0, 0.1) is 0 Å². The molecule has 120 valence electrons. The number of ketones is 1. The Bertz CT molecular complexity index is 677. The molecular formula is C18H17ClO4. The predicted molar refractivity (Wildman–Crippen MR) is 87.9 cm³/mol. The minimum absolute atomic E-state index is 0.0206. The minimum atomic E-state index is -0.469. The number of Topliss-reactive ketones (excluding diaryl/α,β-unsaturated/α-hetero) is 1. The Kier molecular flexibility index (Phi) is 5.77. The highest BCUT2D eigenvalue weighted by molar-refractivity contribution is 6.30. The van der Waals surface area contributed by atoms with Gasteiger partial charge >= 0.3 is 5.97 Å². The van der Waals surface area contributed by atoms with Gasteiger partial charge in [-0.25, -0.2) is 4.79 Å². The second kappa shape index (κ2) is 7.79. The van der Waals surface area contributed by atoms with Crippen LogP contribution in [-0.2, 0) is 9.53 Å². The van der Waals surface area contributed by atoms with Crippen molar-refractivity contribution in [2.75, 3.05) is 6.61 Å². The number of carbonyl (C=O) groups excluding carboxylic acids is 2. The standard InChI is InChI=1S/C18H17ClO4/c1-12(20)14-5-9-17(10-6-14)22-11-18(21)23-13(2)15-3-7-16(19)8-4-15/h3-10,13H,11H2,1-2H3. The Morgan fingerprint density at radius 1 is 1.04 bits per heavy atom. The normalized spacial score (nSPS) is 11.6. The third-order valence-corrected chi connectivity index (χ3v) is 3.52. The van der Waals surface area contributed by atoms with Crippen LogP contribution < -0.4 is 4.74 Å². The van der Waals surface area contributed by atoms with Crippen molar-refractivity contribution in [1.82, 2.24) is 0 Å². The van der Waals surface area contributed by atoms with Crippen LogP contribution in [0.5, 0.6) is 5.75 Å². The van der Waals surface area contributed by atoms with E-state index >= 15 is 0 Å². The molecule has 0 amide bonds. The molecular weight excluding hydrogens is 316 g/mol. The Labute approximate surface area is 140 Å². The summed E-state index contributed by atoms with van der Waals surface area (Å²) in [6.07, 6.45) is -0.386. The van der Waals surface area contributed by atoms with Crippen molar-refractivity contribution in [3.8, 4) is 5.75 Å². The van der Waals surface area contributed by atoms with E-state index in [1.54, 1.807) is 43.3 Å². The number of rotatable bonds is 6. The minimum Gasteiger partial charge on any atom is -0.482 e. The fraction of sp³-hybridized carbons (Fsp3) is 0.222. The molecule has 0 heterocycles. The molecule has 0 aliphatic rings. The van der Waals surface area contributed by atoms with E-state index in [2.05, 4.69) is 0 Å². The fourth-order valence-corrected chi connectivity index (χ4v) is 2.09. The first-order valence-corrected chi connectivity index (χ1v) is 7.52. The molecule has 0 aromatic heterocycles. The van der Waals surface area contributed by atoms with Gasteiger partial charge in [0.2, 0.25) is 0 Å². The van der Waals surface area contributed by atoms with Crippen molar-refractivity contribution in [3.63, 3.8) is 0 Å². The van der Waals surface area contributed by atoms with Crippen molar-refractivity contribution in [3.05, 3.63) is 64.7 Å². The molecule has 1 atom stereocenters. The van der Waals surface area contributed by atoms with Crippen LogP contribution >= 0.6 is 11.6 Å². The molecule has 1 unspecified atom stereocenters. The summed E-state index contributed by atoms with van der Waals surface area (Å²) in [4.78, 5) is 23.0. The summed E-state index contributed by atoms with van der Waals surface area (Å²) in [6, 6.07) is 13.7. The summed E-state index contributed by atoms with van der Waals surface area (Å²) < 4.78 is 10.7. The van der Waals surface area contributed by atoms with E-state index in [0.29, 0.717) is 16.3 Å². The molecule has 5 heteroatoms. The summed E-state index contributed by atoms with van der Waals surface area (Å²) in [5, 5.41) is 0.629. The van der Waals surface area contributed by atoms with Crippen LogP contribution in [0.2, 0.25) is 5.02 Å². The van der Waals surface area contributed by atoms with Gasteiger partial charge in [0.15, 0.2) is 12.4 Å². The largest absolute Gasteiger partial charge is 0.482 e. The summed E-state index contributed by atoms with van der Waals surface area (Å²) in [7, 11) is 0. The van der Waals surface area contributed by atoms with Crippen LogP contribution in [0.25, 0.3) is 0 Å². The third kappa shape index (κ3) is 5.11. The maximum absolute atomic E-state index is 11.8. The molecule has 0 radical (unpaired) electrons. The zero-order valence-electron chi connectivity index (χ0n) is 12.9. The highest BCUT2D eigenvalue weighted by Gasteiger charge is 2.12. The predicted octanol–water partition coefficient (Wildman–Crippen LogP) is 4.23. The zero-order chi connectivity index (χ0) is 16.8. The molecule has 4 nitrogen and oxygen atoms in total. The van der Waals surface area contributed by atoms with Crippen LogP contribution in [-0.4, -0.2) is 18.4 Å². The van der Waals surface area contributed by atoms with Gasteiger partial charge in [0.05, 0.1) is 0 Å². The lowest BCUT2D eigenvalue weighted by atomic mass is 10.1. The Hall–Kier alpha value is -2.33. The lowest BCUT2D eigenvalue weighted by Crippen LogP contribution is -2.17. The smallest absolute Gasteiger partial charge is 0.344 e. The van der Waals surface area contributed by atoms with Gasteiger partial charge in [0.1, 0.15) is 11.9 Å². The number of benzene rings is 2. The van der Waals surface area contributed by atoms with Gasteiger partial charge in [-0.05, 0) is 55.8 Å². The van der Waals surface area contributed by atoms with Gasteiger partial charge in [-0.2, -0.15) is 0 Å². The van der Waals surface area contributed by atoms with E-state index < -0.39 is 5.97 Å². The summed E-state index contributed by atoms with van der Waals surface area (Å²) in [6.45, 7) is 3.07. The molecule has 0 saturated heterocycles. The lowest BCUT2D eigenvalue weighted by Gasteiger charge is -2.14. The Balaban J connectivity index is 1.84. The van der Waals surface area contributed by atoms with Gasteiger partial charge in [0, 0.05) is 10.6 Å². The first-order valence-electron chi connectivity index (χ1n) is 7.14. The number of ether oxygens (including phenoxy) is 2. The molecule has 0 saturated carbocycles. The van der Waals surface area contributed by atoms with Crippen molar-refractivity contribution < 1.29 is 19.1 Å². The number of esters is 1. The van der Waals surface area contributed by atoms with E-state index in [4.69, 9.17) is 21.1 Å². The summed E-state index contributed by atoms with van der Waals surface area (Å²) in [5.41, 5.74) is 1.45. The van der Waals surface area contributed by atoms with Crippen LogP contribution in [0.1, 0.15) is 35.9 Å². The van der Waals surface area contributed by atoms with E-state index in [1.807, 2.05) is 12.1 Å². The second-order valence-corrected chi connectivity index (χ2v) is 5.49. The molecule has 0 aliphatic carbocycles. The summed E-state index contributed by atoms with van der Waals surface area (Å²) in [5.74, 6) is 0.0157. The molecule has 0 bridgehead atoms. The van der Waals surface area contributed by atoms with Crippen LogP contribution in [0.15, 0.2) is 48.5 Å². The van der Waals surface area contributed by atoms with Crippen LogP contribution in [0.3, 0.4) is 0 Å². The third-order valence-electron chi connectivity index (χ3n) is 3.27. The highest BCUT2D eigenvalue weighted by Crippen LogP contribution is 2.19. The second-order valence-electron chi connectivity index (χ2n) is 5.05. The molecule has 0 N–H and O–H groups in total. The maximum atomic E-state index is 11.8. The molecule has 2 rings (SSSR count). The fourth-order valence-electron chi connectivity index (χ4n) is 1.96. The van der Waals surface area contributed by atoms with E-state index in [-0.39, 0.29) is 18.5 Å². The number of hydrogen-bond acceptors (Lipinski definition) is 4. The van der Waals surface area contributed by atoms with Gasteiger partial charge in [-0.1, -0.05) is 23.7 Å². The molecule has 2 aromatic carbocycles. The van der Waals surface area contributed by atoms with Crippen molar-refractivity contribution in [1.29, 1.82) is 0 Å². The monoisotopic (exact) mass is 332 g/mol. The zero-order valence-corrected chi connectivity index (χ0v) is 13.7. The Morgan fingerprint density at radius 3 is 2.22 bits per heavy atom. The molecule has 0 fully saturated rings. The number of carbonyl (C=O) groups is 2. The number of hydrogen-bond donors (Lipinski definition) is 0. The molecule has 0 spiro atoms. The van der Waals surface area contributed by atoms with Crippen molar-refractivity contribution in [2.24, 2.45) is 0 Å². The van der Waals surface area contributed by atoms with Gasteiger partial charge in [0.25, 0.3) is 0 Å². The summed E-state index contributed by atoms with van der Waals surface area (Å²) >= 11 is 5.82. The average molecular weight is 333 g/mol. The van der Waals surface area contributed by atoms with E-state index in [1.165, 1.54) is 6.92 Å². The molecule has 2 aromatic rings. The number of halogens is 1. The maximum Gasteiger partial charge on any atom is 0.344 e. The molecule has 0 aliphatic heterocycles. The molecule has 23 heavy (non-hydrogen) atoms. The van der Waals surface area contributed by atoms with Gasteiger partial charge in [-0.3, -0.25) is 4.79 Å². The quantitative estimate of drug-likeness (QED) is 0.587. The first kappa shape index (κ1) is 17.0. The lowest BCUT2D eigenvalue weighted by molar-refractivity contribution is -0.151. The highest BCUT2D eigenvalue weighted by atomic mass is 35.5. The van der Waals surface area contributed by atoms with E-state index in [0.717, 1.165) is 5.56 Å². The van der Waals surface area contributed by atoms with E-state index in [9.17, 15) is 9.59 Å². The topological polar surface area (TPSA) is 52.6 Å². The average Bonchev–Trinajstić information content (AvgIpc) is 2.54. The van der Waals surface area contributed by atoms with Crippen molar-refractivity contribution >= 4 is 23.4 Å². The van der Waals surface area contributed by atoms with Gasteiger partial charge in [-0.15, -0.1) is 0 Å². The van der Waals surface area contributed by atoms with Crippen molar-refractivity contribution in [2.45, 2.75) is 20.0 Å². The first-order chi connectivity index (χ1) is 11.0. The van der Waals surface area contributed by atoms with Crippen LogP contribution in [0.4, 0.5) is 0 Å².